The van der Waals surface area contributed by atoms with Gasteiger partial charge in [0.1, 0.15) is 17.4 Å². The molecule has 2 saturated heterocycles. The maximum atomic E-state index is 12.6. The number of thiazole rings is 1. The van der Waals surface area contributed by atoms with Crippen LogP contribution in [-0.2, 0) is 16.0 Å². The average Bonchev–Trinajstić information content (AvgIpc) is 3.28. The van der Waals surface area contributed by atoms with Crippen LogP contribution in [0.2, 0.25) is 0 Å². The van der Waals surface area contributed by atoms with Crippen LogP contribution < -0.4 is 0 Å². The highest BCUT2D eigenvalue weighted by Crippen LogP contribution is 2.45. The molecule has 6 nitrogen and oxygen atoms in total. The first-order valence-electron chi connectivity index (χ1n) is 9.88. The van der Waals surface area contributed by atoms with Crippen LogP contribution in [0.5, 0.6) is 0 Å². The lowest BCUT2D eigenvalue weighted by Crippen LogP contribution is -2.45. The zero-order valence-corrected chi connectivity index (χ0v) is 16.1. The molecule has 0 aromatic carbocycles. The largest absolute Gasteiger partial charge is 0.366 e. The maximum absolute atomic E-state index is 12.6. The van der Waals surface area contributed by atoms with Crippen LogP contribution >= 0.6 is 11.3 Å². The lowest BCUT2D eigenvalue weighted by molar-refractivity contribution is -0.135. The first-order chi connectivity index (χ1) is 13.3. The smallest absolute Gasteiger partial charge is 0.222 e. The van der Waals surface area contributed by atoms with Gasteiger partial charge >= 0.3 is 0 Å². The van der Waals surface area contributed by atoms with Gasteiger partial charge in [-0.05, 0) is 43.6 Å². The van der Waals surface area contributed by atoms with E-state index in [1.807, 2.05) is 4.90 Å². The molecule has 2 aliphatic heterocycles. The van der Waals surface area contributed by atoms with Crippen molar-refractivity contribution in [2.24, 2.45) is 5.92 Å². The van der Waals surface area contributed by atoms with Gasteiger partial charge in [0.15, 0.2) is 0 Å². The number of hydrogen-bond donors (Lipinski definition) is 0. The Hall–Kier alpha value is -1.86. The summed E-state index contributed by atoms with van der Waals surface area (Å²) in [5.74, 6) is 1.45. The van der Waals surface area contributed by atoms with E-state index in [0.29, 0.717) is 31.2 Å². The number of hydrogen-bond acceptors (Lipinski definition) is 6. The Balaban J connectivity index is 1.16. The fourth-order valence-electron chi connectivity index (χ4n) is 4.20. The number of amides is 1. The first kappa shape index (κ1) is 17.3. The molecule has 0 unspecified atom stereocenters. The first-order valence-corrected chi connectivity index (χ1v) is 10.8. The van der Waals surface area contributed by atoms with Gasteiger partial charge < -0.3 is 9.64 Å². The van der Waals surface area contributed by atoms with Crippen molar-refractivity contribution in [2.75, 3.05) is 13.1 Å². The second kappa shape index (κ2) is 7.28. The van der Waals surface area contributed by atoms with E-state index < -0.39 is 0 Å². The Labute approximate surface area is 163 Å². The molecule has 3 atom stereocenters. The molecule has 7 heteroatoms. The zero-order valence-electron chi connectivity index (χ0n) is 15.3. The van der Waals surface area contributed by atoms with E-state index in [-0.39, 0.29) is 18.1 Å². The number of nitrogens with zero attached hydrogens (tertiary/aromatic N) is 4. The van der Waals surface area contributed by atoms with Gasteiger partial charge in [-0.1, -0.05) is 0 Å². The topological polar surface area (TPSA) is 68.2 Å². The normalized spacial score (nSPS) is 27.6. The third-order valence-corrected chi connectivity index (χ3v) is 6.91. The summed E-state index contributed by atoms with van der Waals surface area (Å²) in [7, 11) is 0. The minimum atomic E-state index is 0.119. The van der Waals surface area contributed by atoms with Crippen LogP contribution in [0.15, 0.2) is 24.1 Å². The fourth-order valence-corrected chi connectivity index (χ4v) is 5.15. The average molecular weight is 385 g/mol. The van der Waals surface area contributed by atoms with E-state index in [2.05, 4.69) is 15.3 Å². The zero-order chi connectivity index (χ0) is 18.2. The Morgan fingerprint density at radius 2 is 2.11 bits per heavy atom. The number of carbonyl (C=O) groups is 1. The molecule has 1 saturated carbocycles. The van der Waals surface area contributed by atoms with Crippen LogP contribution in [0.25, 0.3) is 0 Å². The van der Waals surface area contributed by atoms with Crippen molar-refractivity contribution in [3.63, 3.8) is 0 Å². The van der Waals surface area contributed by atoms with Crippen LogP contribution in [0, 0.1) is 5.92 Å². The van der Waals surface area contributed by atoms with Crippen LogP contribution in [0.1, 0.15) is 60.4 Å². The standard InChI is InChI=1S/C20H24N4O2S/c25-19(4-1-13-8-21-12-22-9-13)24-6-5-15-7-17(26-18(15)10-24)20-23-16(11-27-20)14-2-3-14/h8-9,11-12,14-15,17-18H,1-7,10H2/t15-,17-,18+/m0/s1. The van der Waals surface area contributed by atoms with Gasteiger partial charge in [-0.2, -0.15) is 0 Å². The third kappa shape index (κ3) is 3.75. The highest BCUT2D eigenvalue weighted by molar-refractivity contribution is 7.09. The molecular weight excluding hydrogens is 360 g/mol. The summed E-state index contributed by atoms with van der Waals surface area (Å²) >= 11 is 1.74. The van der Waals surface area contributed by atoms with Crippen molar-refractivity contribution in [1.29, 1.82) is 0 Å². The lowest BCUT2D eigenvalue weighted by Gasteiger charge is -2.34. The lowest BCUT2D eigenvalue weighted by atomic mass is 9.91. The Morgan fingerprint density at radius 1 is 1.26 bits per heavy atom. The van der Waals surface area contributed by atoms with E-state index >= 15 is 0 Å². The molecular formula is C20H24N4O2S. The predicted molar refractivity (Wildman–Crippen MR) is 101 cm³/mol. The molecule has 1 aliphatic carbocycles. The van der Waals surface area contributed by atoms with Crippen LogP contribution in [-0.4, -0.2) is 45.0 Å². The van der Waals surface area contributed by atoms with E-state index in [1.54, 1.807) is 23.7 Å². The number of aryl methyl sites for hydroxylation is 1. The van der Waals surface area contributed by atoms with Gasteiger partial charge in [0.2, 0.25) is 5.91 Å². The van der Waals surface area contributed by atoms with Crippen molar-refractivity contribution in [1.82, 2.24) is 19.9 Å². The van der Waals surface area contributed by atoms with Crippen molar-refractivity contribution in [3.05, 3.63) is 40.4 Å². The molecule has 2 aromatic heterocycles. The molecule has 5 rings (SSSR count). The van der Waals surface area contributed by atoms with Crippen molar-refractivity contribution in [3.8, 4) is 0 Å². The monoisotopic (exact) mass is 384 g/mol. The van der Waals surface area contributed by atoms with Crippen LogP contribution in [0.3, 0.4) is 0 Å². The Kier molecular flexibility index (Phi) is 4.65. The highest BCUT2D eigenvalue weighted by atomic mass is 32.1. The van der Waals surface area contributed by atoms with Gasteiger partial charge in [-0.25, -0.2) is 15.0 Å². The number of fused-ring (bicyclic) bond motifs is 1. The summed E-state index contributed by atoms with van der Waals surface area (Å²) in [5, 5.41) is 3.34. The quantitative estimate of drug-likeness (QED) is 0.792. The fraction of sp³-hybridized carbons (Fsp3) is 0.600. The summed E-state index contributed by atoms with van der Waals surface area (Å²) in [4.78, 5) is 27.4. The Bertz CT molecular complexity index is 807. The van der Waals surface area contributed by atoms with Crippen molar-refractivity contribution < 1.29 is 9.53 Å². The molecule has 3 aliphatic rings. The maximum Gasteiger partial charge on any atom is 0.222 e. The van der Waals surface area contributed by atoms with E-state index in [1.165, 1.54) is 24.9 Å². The number of likely N-dealkylation sites (tertiary alicyclic amines) is 1. The number of rotatable bonds is 5. The molecule has 0 radical (unpaired) electrons. The number of aromatic nitrogens is 3. The summed E-state index contributed by atoms with van der Waals surface area (Å²) in [6, 6.07) is 0. The third-order valence-electron chi connectivity index (χ3n) is 5.96. The van der Waals surface area contributed by atoms with Crippen LogP contribution in [0.4, 0.5) is 0 Å². The molecule has 3 fully saturated rings. The summed E-state index contributed by atoms with van der Waals surface area (Å²) < 4.78 is 6.34. The molecule has 27 heavy (non-hydrogen) atoms. The molecule has 0 N–H and O–H groups in total. The summed E-state index contributed by atoms with van der Waals surface area (Å²) in [5.41, 5.74) is 2.27. The van der Waals surface area contributed by atoms with Gasteiger partial charge in [-0.15, -0.1) is 11.3 Å². The molecule has 142 valence electrons. The molecule has 0 spiro atoms. The predicted octanol–water partition coefficient (Wildman–Crippen LogP) is 3.12. The van der Waals surface area contributed by atoms with E-state index in [9.17, 15) is 4.79 Å². The van der Waals surface area contributed by atoms with E-state index in [4.69, 9.17) is 9.72 Å². The van der Waals surface area contributed by atoms with E-state index in [0.717, 1.165) is 30.0 Å². The van der Waals surface area contributed by atoms with Crippen molar-refractivity contribution >= 4 is 17.2 Å². The second-order valence-corrected chi connectivity index (χ2v) is 8.81. The van der Waals surface area contributed by atoms with Crippen molar-refractivity contribution in [2.45, 2.75) is 56.7 Å². The van der Waals surface area contributed by atoms with Gasteiger partial charge in [0.05, 0.1) is 11.8 Å². The Morgan fingerprint density at radius 3 is 2.93 bits per heavy atom. The number of carbonyl (C=O) groups excluding carboxylic acids is 1. The SMILES string of the molecule is O=C(CCc1cncnc1)N1CC[C@H]2C[C@@H](c3nc(C4CC4)cs3)O[C@@H]2C1. The van der Waals surface area contributed by atoms with Gasteiger partial charge in [-0.3, -0.25) is 4.79 Å². The highest BCUT2D eigenvalue weighted by Gasteiger charge is 2.41. The number of piperidine rings is 1. The minimum absolute atomic E-state index is 0.119. The van der Waals surface area contributed by atoms with Gasteiger partial charge in [0.25, 0.3) is 0 Å². The molecule has 0 bridgehead atoms. The van der Waals surface area contributed by atoms with Gasteiger partial charge in [0, 0.05) is 43.2 Å². The second-order valence-electron chi connectivity index (χ2n) is 7.92. The molecule has 1 amide bonds. The summed E-state index contributed by atoms with van der Waals surface area (Å²) in [6.07, 6.45) is 11.2. The summed E-state index contributed by atoms with van der Waals surface area (Å²) in [6.45, 7) is 1.55. The minimum Gasteiger partial charge on any atom is -0.366 e. The molecule has 4 heterocycles. The number of ether oxygens (including phenoxy) is 1. The molecule has 2 aromatic rings.